The number of likely N-dealkylation sites (N-methyl/N-ethyl adjacent to an activating group) is 1. The second-order valence-electron chi connectivity index (χ2n) is 17.4. The molecule has 3 aliphatic heterocycles. The Labute approximate surface area is 358 Å². The number of carbonyl (C=O) groups is 5. The van der Waals surface area contributed by atoms with Crippen LogP contribution in [0.15, 0.2) is 36.8 Å². The van der Waals surface area contributed by atoms with E-state index in [9.17, 15) is 24.0 Å². The number of aryl methyl sites for hydroxylation is 1. The molecule has 0 radical (unpaired) electrons. The second-order valence-corrected chi connectivity index (χ2v) is 18.6. The number of thioether (sulfide) groups is 1. The maximum Gasteiger partial charge on any atom is 0.320 e. The number of pyridine rings is 1. The van der Waals surface area contributed by atoms with Crippen LogP contribution in [0.4, 0.5) is 0 Å². The first-order valence-electron chi connectivity index (χ1n) is 21.0. The third kappa shape index (κ3) is 9.98. The van der Waals surface area contributed by atoms with Crippen LogP contribution in [0.2, 0.25) is 0 Å². The minimum Gasteiger partial charge on any atom is -0.458 e. The summed E-state index contributed by atoms with van der Waals surface area (Å²) in [6, 6.07) is 5.40. The Bertz CT molecular complexity index is 1840. The minimum absolute atomic E-state index is 0.108. The smallest absolute Gasteiger partial charge is 0.320 e. The van der Waals surface area contributed by atoms with Crippen LogP contribution in [-0.2, 0) is 58.9 Å². The third-order valence-corrected chi connectivity index (χ3v) is 14.1. The molecule has 3 fully saturated rings. The molecule has 0 unspecified atom stereocenters. The summed E-state index contributed by atoms with van der Waals surface area (Å²) in [5.41, 5.74) is -1.03. The van der Waals surface area contributed by atoms with Crippen molar-refractivity contribution in [1.29, 1.82) is 0 Å². The molecule has 3 saturated heterocycles. The van der Waals surface area contributed by atoms with Crippen molar-refractivity contribution in [2.75, 3.05) is 27.0 Å². The molecule has 2 aromatic rings. The molecule has 0 saturated carbocycles. The first kappa shape index (κ1) is 47.4. The maximum absolute atomic E-state index is 14.8. The predicted molar refractivity (Wildman–Crippen MR) is 223 cm³/mol. The topological polar surface area (TPSA) is 175 Å². The van der Waals surface area contributed by atoms with Crippen molar-refractivity contribution in [3.63, 3.8) is 0 Å². The maximum atomic E-state index is 14.8. The van der Waals surface area contributed by atoms with Gasteiger partial charge in [0.25, 0.3) is 0 Å². The van der Waals surface area contributed by atoms with E-state index in [4.69, 9.17) is 28.4 Å². The number of hydrogen-bond donors (Lipinski definition) is 0. The number of methoxy groups -OCH3 is 1. The van der Waals surface area contributed by atoms with Gasteiger partial charge in [0.1, 0.15) is 23.1 Å². The van der Waals surface area contributed by atoms with E-state index in [0.29, 0.717) is 18.7 Å². The number of nitrogens with zero attached hydrogens (tertiary/aromatic N) is 4. The van der Waals surface area contributed by atoms with Gasteiger partial charge < -0.3 is 33.3 Å². The van der Waals surface area contributed by atoms with Crippen LogP contribution in [0.1, 0.15) is 81.6 Å². The summed E-state index contributed by atoms with van der Waals surface area (Å²) in [7, 11) is 5.25. The Kier molecular flexibility index (Phi) is 15.4. The summed E-state index contributed by atoms with van der Waals surface area (Å²) in [6.45, 7) is 15.8. The van der Waals surface area contributed by atoms with Gasteiger partial charge in [0.2, 0.25) is 0 Å². The van der Waals surface area contributed by atoms with Gasteiger partial charge in [-0.25, -0.2) is 0 Å². The first-order chi connectivity index (χ1) is 28.3. The molecule has 0 aromatic carbocycles. The van der Waals surface area contributed by atoms with Crippen molar-refractivity contribution in [2.45, 2.75) is 141 Å². The van der Waals surface area contributed by atoms with E-state index in [-0.39, 0.29) is 30.8 Å². The van der Waals surface area contributed by atoms with Crippen LogP contribution in [0.5, 0.6) is 0 Å². The monoisotopic (exact) mass is 856 g/mol. The molecule has 332 valence electrons. The van der Waals surface area contributed by atoms with Crippen molar-refractivity contribution >= 4 is 41.2 Å². The Hall–Kier alpha value is -3.70. The fraction of sp³-hybridized carbons (Fsp3) is 0.705. The molecule has 0 aliphatic carbocycles. The fourth-order valence-corrected chi connectivity index (χ4v) is 10.9. The summed E-state index contributed by atoms with van der Waals surface area (Å²) in [4.78, 5) is 75.8. The SMILES string of the molecule is CC[C@H]1OC(=O)[C@H](C)C(=O)[C@H](C)[C@@H](O[C@@H]2O[C@H](C)C[C@H](N(C)C)[C@H]2OC(C)=O)[C@](C)(OC)C[C@@H](C)C(=O)[C@H](C)[C@H]2[C@H](SCCn3ccc(-c4cccnc4)n3)C(=O)O[C@@]21C. The number of esters is 3. The summed E-state index contributed by atoms with van der Waals surface area (Å²) in [5, 5.41) is 3.91. The van der Waals surface area contributed by atoms with E-state index < -0.39 is 94.3 Å². The normalized spacial score (nSPS) is 37.0. The molecule has 3 aliphatic rings. The van der Waals surface area contributed by atoms with E-state index in [1.54, 1.807) is 44.8 Å². The number of carbonyl (C=O) groups excluding carboxylic acids is 5. The highest BCUT2D eigenvalue weighted by Gasteiger charge is 2.61. The number of rotatable bonds is 11. The fourth-order valence-electron chi connectivity index (χ4n) is 9.48. The highest BCUT2D eigenvalue weighted by molar-refractivity contribution is 8.00. The van der Waals surface area contributed by atoms with Gasteiger partial charge in [-0.2, -0.15) is 5.10 Å². The molecular formula is C44H64N4O11S. The van der Waals surface area contributed by atoms with Crippen LogP contribution >= 0.6 is 11.8 Å². The Morgan fingerprint density at radius 2 is 1.75 bits per heavy atom. The van der Waals surface area contributed by atoms with E-state index >= 15 is 0 Å². The van der Waals surface area contributed by atoms with Crippen molar-refractivity contribution in [3.05, 3.63) is 36.8 Å². The van der Waals surface area contributed by atoms with Gasteiger partial charge in [-0.3, -0.25) is 33.6 Å². The van der Waals surface area contributed by atoms with Gasteiger partial charge in [0.15, 0.2) is 23.8 Å². The van der Waals surface area contributed by atoms with Crippen LogP contribution in [-0.4, -0.2) is 129 Å². The largest absolute Gasteiger partial charge is 0.458 e. The molecule has 0 spiro atoms. The lowest BCUT2D eigenvalue weighted by Gasteiger charge is -2.47. The Morgan fingerprint density at radius 1 is 1.03 bits per heavy atom. The van der Waals surface area contributed by atoms with Crippen LogP contribution < -0.4 is 0 Å². The summed E-state index contributed by atoms with van der Waals surface area (Å²) in [6.07, 6.45) is 1.92. The molecule has 60 heavy (non-hydrogen) atoms. The molecular weight excluding hydrogens is 793 g/mol. The molecule has 0 bridgehead atoms. The van der Waals surface area contributed by atoms with Gasteiger partial charge in [0, 0.05) is 74.2 Å². The standard InChI is InChI=1S/C44H64N4O11S/c1-13-33-44(9)34(38(41(53)59-44)60-20-19-48-18-16-31(46-48)30-15-14-17-45-23-30)26(4)35(50)24(2)22-43(8,54-12)39(27(5)36(51)28(6)40(52)57-33)58-42-37(56-29(7)49)32(47(10)11)21-25(3)55-42/h14-18,23-28,32-34,37-39,42H,13,19-22H2,1-12H3/t24-,25-,26-,27+,28-,32+,33-,34+,37-,38+,39-,42+,43-,44-/m1/s1. The van der Waals surface area contributed by atoms with E-state index in [0.717, 1.165) is 11.3 Å². The molecule has 0 N–H and O–H groups in total. The van der Waals surface area contributed by atoms with Crippen LogP contribution in [0, 0.1) is 29.6 Å². The highest BCUT2D eigenvalue weighted by atomic mass is 32.2. The molecule has 16 heteroatoms. The molecule has 5 rings (SSSR count). The molecule has 0 amide bonds. The summed E-state index contributed by atoms with van der Waals surface area (Å²) >= 11 is 1.38. The third-order valence-electron chi connectivity index (χ3n) is 12.8. The number of fused-ring (bicyclic) bond motifs is 1. The lowest BCUT2D eigenvalue weighted by atomic mass is 9.70. The summed E-state index contributed by atoms with van der Waals surface area (Å²) in [5.74, 6) is -6.29. The Morgan fingerprint density at radius 3 is 2.37 bits per heavy atom. The number of cyclic esters (lactones) is 1. The molecule has 2 aromatic heterocycles. The van der Waals surface area contributed by atoms with E-state index in [2.05, 4.69) is 10.1 Å². The van der Waals surface area contributed by atoms with E-state index in [1.807, 2.05) is 64.2 Å². The number of ketones is 2. The average molecular weight is 857 g/mol. The summed E-state index contributed by atoms with van der Waals surface area (Å²) < 4.78 is 39.3. The van der Waals surface area contributed by atoms with Gasteiger partial charge in [0.05, 0.1) is 29.5 Å². The number of aromatic nitrogens is 3. The lowest BCUT2D eigenvalue weighted by Crippen LogP contribution is -2.60. The molecule has 5 heterocycles. The van der Waals surface area contributed by atoms with Gasteiger partial charge >= 0.3 is 17.9 Å². The minimum atomic E-state index is -1.38. The second kappa shape index (κ2) is 19.6. The van der Waals surface area contributed by atoms with Crippen LogP contribution in [0.25, 0.3) is 11.3 Å². The van der Waals surface area contributed by atoms with Crippen molar-refractivity contribution in [1.82, 2.24) is 19.7 Å². The zero-order chi connectivity index (χ0) is 44.3. The Balaban J connectivity index is 1.49. The molecule has 14 atom stereocenters. The van der Waals surface area contributed by atoms with Crippen LogP contribution in [0.3, 0.4) is 0 Å². The van der Waals surface area contributed by atoms with Gasteiger partial charge in [-0.15, -0.1) is 11.8 Å². The van der Waals surface area contributed by atoms with Gasteiger partial charge in [-0.05, 0) is 79.3 Å². The van der Waals surface area contributed by atoms with Crippen molar-refractivity contribution in [3.8, 4) is 11.3 Å². The number of Topliss-reactive ketones (excluding diaryl/α,β-unsaturated/α-hetero) is 2. The van der Waals surface area contributed by atoms with E-state index in [1.165, 1.54) is 32.7 Å². The average Bonchev–Trinajstić information content (AvgIpc) is 3.79. The predicted octanol–water partition coefficient (Wildman–Crippen LogP) is 5.17. The zero-order valence-electron chi connectivity index (χ0n) is 37.1. The number of hydrogen-bond acceptors (Lipinski definition) is 15. The van der Waals surface area contributed by atoms with Crippen molar-refractivity contribution in [2.24, 2.45) is 29.6 Å². The van der Waals surface area contributed by atoms with Crippen molar-refractivity contribution < 1.29 is 52.4 Å². The zero-order valence-corrected chi connectivity index (χ0v) is 37.9. The van der Waals surface area contributed by atoms with Gasteiger partial charge in [-0.1, -0.05) is 27.7 Å². The molecule has 15 nitrogen and oxygen atoms in total. The lowest BCUT2D eigenvalue weighted by molar-refractivity contribution is -0.298. The quantitative estimate of drug-likeness (QED) is 0.164. The number of ether oxygens (including phenoxy) is 6. The highest BCUT2D eigenvalue weighted by Crippen LogP contribution is 2.49. The first-order valence-corrected chi connectivity index (χ1v) is 22.1.